The van der Waals surface area contributed by atoms with Crippen molar-refractivity contribution in [3.8, 4) is 5.82 Å². The molecule has 0 saturated heterocycles. The van der Waals surface area contributed by atoms with Gasteiger partial charge in [0.25, 0.3) is 0 Å². The largest absolute Gasteiger partial charge is 0.367 e. The normalized spacial score (nSPS) is 10.5. The number of nitrogens with zero attached hydrogens (tertiary/aromatic N) is 5. The van der Waals surface area contributed by atoms with Crippen LogP contribution in [0.5, 0.6) is 0 Å². The van der Waals surface area contributed by atoms with Gasteiger partial charge in [0, 0.05) is 31.7 Å². The molecule has 118 valence electrons. The topological polar surface area (TPSA) is 80.5 Å². The predicted molar refractivity (Wildman–Crippen MR) is 90.4 cm³/mol. The Balaban J connectivity index is 1.54. The van der Waals surface area contributed by atoms with E-state index in [0.29, 0.717) is 40.6 Å². The van der Waals surface area contributed by atoms with E-state index < -0.39 is 0 Å². The number of rotatable bonds is 6. The number of aromatic nitrogens is 5. The molecular formula is C14H13Cl2N7. The van der Waals surface area contributed by atoms with Crippen LogP contribution in [-0.2, 0) is 0 Å². The lowest BCUT2D eigenvalue weighted by Gasteiger charge is -2.09. The molecule has 9 heteroatoms. The minimum atomic E-state index is 0.484. The van der Waals surface area contributed by atoms with Crippen LogP contribution in [0.25, 0.3) is 5.82 Å². The van der Waals surface area contributed by atoms with Crippen molar-refractivity contribution < 1.29 is 0 Å². The minimum Gasteiger partial charge on any atom is -0.367 e. The van der Waals surface area contributed by atoms with Crippen LogP contribution >= 0.6 is 23.2 Å². The predicted octanol–water partition coefficient (Wildman–Crippen LogP) is 2.89. The van der Waals surface area contributed by atoms with Gasteiger partial charge in [-0.25, -0.2) is 14.6 Å². The Bertz CT molecular complexity index is 777. The molecule has 0 amide bonds. The standard InChI is InChI=1S/C14H13Cl2N7/c15-10-6-11(16)14(20-7-10)19-4-3-18-12-8-17-9-13(22-12)23-5-1-2-21-23/h1-2,5-9H,3-4H2,(H,18,22)(H,19,20). The van der Waals surface area contributed by atoms with Crippen LogP contribution in [0.4, 0.5) is 11.6 Å². The van der Waals surface area contributed by atoms with E-state index >= 15 is 0 Å². The van der Waals surface area contributed by atoms with Crippen LogP contribution in [0.2, 0.25) is 10.0 Å². The van der Waals surface area contributed by atoms with Crippen LogP contribution in [0, 0.1) is 0 Å². The summed E-state index contributed by atoms with van der Waals surface area (Å²) in [4.78, 5) is 12.7. The summed E-state index contributed by atoms with van der Waals surface area (Å²) >= 11 is 11.8. The SMILES string of the molecule is Clc1cnc(NCCNc2cncc(-n3cccn3)n2)c(Cl)c1. The van der Waals surface area contributed by atoms with E-state index in [2.05, 4.69) is 30.7 Å². The van der Waals surface area contributed by atoms with Gasteiger partial charge in [-0.2, -0.15) is 5.10 Å². The maximum Gasteiger partial charge on any atom is 0.173 e. The third-order valence-electron chi connectivity index (χ3n) is 2.89. The number of anilines is 2. The summed E-state index contributed by atoms with van der Waals surface area (Å²) in [6.45, 7) is 1.24. The quantitative estimate of drug-likeness (QED) is 0.666. The van der Waals surface area contributed by atoms with Gasteiger partial charge in [0.15, 0.2) is 5.82 Å². The van der Waals surface area contributed by atoms with Crippen molar-refractivity contribution in [2.45, 2.75) is 0 Å². The molecule has 0 aliphatic heterocycles. The highest BCUT2D eigenvalue weighted by Gasteiger charge is 2.03. The Kier molecular flexibility index (Phi) is 4.89. The van der Waals surface area contributed by atoms with Crippen LogP contribution in [0.15, 0.2) is 43.1 Å². The van der Waals surface area contributed by atoms with Crippen molar-refractivity contribution in [1.29, 1.82) is 0 Å². The van der Waals surface area contributed by atoms with Gasteiger partial charge >= 0.3 is 0 Å². The Morgan fingerprint density at radius 1 is 1.09 bits per heavy atom. The number of hydrogen-bond donors (Lipinski definition) is 2. The molecule has 3 aromatic rings. The van der Waals surface area contributed by atoms with E-state index in [1.807, 2.05) is 12.3 Å². The second kappa shape index (κ2) is 7.26. The zero-order valence-electron chi connectivity index (χ0n) is 11.9. The molecule has 7 nitrogen and oxygen atoms in total. The first-order valence-electron chi connectivity index (χ1n) is 6.83. The van der Waals surface area contributed by atoms with Gasteiger partial charge in [-0.1, -0.05) is 23.2 Å². The van der Waals surface area contributed by atoms with E-state index in [9.17, 15) is 0 Å². The van der Waals surface area contributed by atoms with Gasteiger partial charge < -0.3 is 10.6 Å². The van der Waals surface area contributed by atoms with Crippen molar-refractivity contribution in [3.63, 3.8) is 0 Å². The fourth-order valence-electron chi connectivity index (χ4n) is 1.87. The first-order chi connectivity index (χ1) is 11.2. The highest BCUT2D eigenvalue weighted by Crippen LogP contribution is 2.22. The molecule has 0 radical (unpaired) electrons. The lowest BCUT2D eigenvalue weighted by Crippen LogP contribution is -2.15. The molecule has 2 N–H and O–H groups in total. The second-order valence-corrected chi connectivity index (χ2v) is 5.39. The van der Waals surface area contributed by atoms with E-state index in [0.717, 1.165) is 0 Å². The van der Waals surface area contributed by atoms with E-state index in [1.165, 1.54) is 0 Å². The van der Waals surface area contributed by atoms with Crippen molar-refractivity contribution in [1.82, 2.24) is 24.7 Å². The molecule has 0 aromatic carbocycles. The molecule has 0 bridgehead atoms. The van der Waals surface area contributed by atoms with E-state index in [4.69, 9.17) is 23.2 Å². The van der Waals surface area contributed by atoms with Gasteiger partial charge in [-0.3, -0.25) is 4.98 Å². The average molecular weight is 350 g/mol. The van der Waals surface area contributed by atoms with Crippen molar-refractivity contribution in [2.24, 2.45) is 0 Å². The van der Waals surface area contributed by atoms with Gasteiger partial charge in [0.2, 0.25) is 0 Å². The average Bonchev–Trinajstić information content (AvgIpc) is 3.08. The lowest BCUT2D eigenvalue weighted by atomic mass is 10.4. The molecule has 0 aliphatic carbocycles. The zero-order chi connectivity index (χ0) is 16.1. The maximum atomic E-state index is 6.04. The molecule has 0 aliphatic rings. The summed E-state index contributed by atoms with van der Waals surface area (Å²) in [6.07, 6.45) is 8.34. The number of halogens is 2. The van der Waals surface area contributed by atoms with Crippen LogP contribution in [0.1, 0.15) is 0 Å². The molecule has 3 rings (SSSR count). The third-order valence-corrected chi connectivity index (χ3v) is 3.39. The Hall–Kier alpha value is -2.38. The van der Waals surface area contributed by atoms with Crippen LogP contribution in [-0.4, -0.2) is 37.8 Å². The third kappa shape index (κ3) is 4.08. The van der Waals surface area contributed by atoms with Crippen LogP contribution < -0.4 is 10.6 Å². The van der Waals surface area contributed by atoms with Crippen molar-refractivity contribution >= 4 is 34.8 Å². The minimum absolute atomic E-state index is 0.484. The maximum absolute atomic E-state index is 6.04. The fraction of sp³-hybridized carbons (Fsp3) is 0.143. The molecule has 23 heavy (non-hydrogen) atoms. The van der Waals surface area contributed by atoms with Gasteiger partial charge in [0.1, 0.15) is 11.6 Å². The second-order valence-electron chi connectivity index (χ2n) is 4.55. The Labute approximate surface area is 142 Å². The Morgan fingerprint density at radius 2 is 1.96 bits per heavy atom. The molecule has 0 atom stereocenters. The monoisotopic (exact) mass is 349 g/mol. The molecule has 3 aromatic heterocycles. The summed E-state index contributed by atoms with van der Waals surface area (Å²) in [5, 5.41) is 11.4. The summed E-state index contributed by atoms with van der Waals surface area (Å²) in [5.74, 6) is 1.90. The molecule has 3 heterocycles. The summed E-state index contributed by atoms with van der Waals surface area (Å²) in [7, 11) is 0. The highest BCUT2D eigenvalue weighted by molar-refractivity contribution is 6.35. The molecule has 0 unspecified atom stereocenters. The summed E-state index contributed by atoms with van der Waals surface area (Å²) in [6, 6.07) is 3.47. The van der Waals surface area contributed by atoms with Gasteiger partial charge in [0.05, 0.1) is 22.4 Å². The Morgan fingerprint density at radius 3 is 2.74 bits per heavy atom. The first-order valence-corrected chi connectivity index (χ1v) is 7.59. The van der Waals surface area contributed by atoms with Crippen molar-refractivity contribution in [3.05, 3.63) is 53.2 Å². The molecule has 0 spiro atoms. The number of nitrogens with one attached hydrogen (secondary N) is 2. The lowest BCUT2D eigenvalue weighted by molar-refractivity contribution is 0.837. The number of hydrogen-bond acceptors (Lipinski definition) is 6. The summed E-state index contributed by atoms with van der Waals surface area (Å²) < 4.78 is 1.65. The van der Waals surface area contributed by atoms with Crippen LogP contribution in [0.3, 0.4) is 0 Å². The highest BCUT2D eigenvalue weighted by atomic mass is 35.5. The van der Waals surface area contributed by atoms with E-state index in [1.54, 1.807) is 35.5 Å². The van der Waals surface area contributed by atoms with Crippen molar-refractivity contribution in [2.75, 3.05) is 23.7 Å². The summed E-state index contributed by atoms with van der Waals surface area (Å²) in [5.41, 5.74) is 0. The first kappa shape index (κ1) is 15.5. The van der Waals surface area contributed by atoms with Gasteiger partial charge in [-0.05, 0) is 12.1 Å². The molecular weight excluding hydrogens is 337 g/mol. The number of pyridine rings is 1. The molecule has 0 saturated carbocycles. The van der Waals surface area contributed by atoms with E-state index in [-0.39, 0.29) is 0 Å². The smallest absolute Gasteiger partial charge is 0.173 e. The zero-order valence-corrected chi connectivity index (χ0v) is 13.5. The fourth-order valence-corrected chi connectivity index (χ4v) is 2.32. The van der Waals surface area contributed by atoms with Gasteiger partial charge in [-0.15, -0.1) is 0 Å². The molecule has 0 fully saturated rings.